The average Bonchev–Trinajstić information content (AvgIpc) is 3.41. The van der Waals surface area contributed by atoms with Gasteiger partial charge in [-0.2, -0.15) is 0 Å². The summed E-state index contributed by atoms with van der Waals surface area (Å²) in [4.78, 5) is 31.0. The largest absolute Gasteiger partial charge is 0.467 e. The Balaban J connectivity index is 1.50. The summed E-state index contributed by atoms with van der Waals surface area (Å²) in [5, 5.41) is 2.74. The first kappa shape index (κ1) is 20.8. The van der Waals surface area contributed by atoms with Gasteiger partial charge in [-0.05, 0) is 55.0 Å². The second-order valence-corrected chi connectivity index (χ2v) is 9.54. The number of hydrogen-bond acceptors (Lipinski definition) is 6. The summed E-state index contributed by atoms with van der Waals surface area (Å²) in [6, 6.07) is 14.6. The molecule has 31 heavy (non-hydrogen) atoms. The molecular weight excluding hydrogens is 418 g/mol. The Hall–Kier alpha value is -3.46. The molecular formula is C22H21N3O5S. The number of carbonyl (C=O) groups is 2. The molecule has 1 aliphatic rings. The summed E-state index contributed by atoms with van der Waals surface area (Å²) >= 11 is 0. The fourth-order valence-electron chi connectivity index (χ4n) is 3.51. The highest BCUT2D eigenvalue weighted by Gasteiger charge is 2.35. The first-order valence-electron chi connectivity index (χ1n) is 9.77. The molecule has 1 aromatic carbocycles. The van der Waals surface area contributed by atoms with Crippen molar-refractivity contribution < 1.29 is 22.4 Å². The smallest absolute Gasteiger partial charge is 0.274 e. The van der Waals surface area contributed by atoms with E-state index in [-0.39, 0.29) is 35.6 Å². The number of benzene rings is 1. The van der Waals surface area contributed by atoms with Crippen molar-refractivity contribution in [2.75, 3.05) is 16.8 Å². The summed E-state index contributed by atoms with van der Waals surface area (Å²) in [6.07, 6.45) is 3.45. The molecule has 1 atom stereocenters. The number of aromatic nitrogens is 1. The third kappa shape index (κ3) is 5.00. The number of hydrogen-bond donors (Lipinski definition) is 1. The lowest BCUT2D eigenvalue weighted by Crippen LogP contribution is -2.40. The predicted molar refractivity (Wildman–Crippen MR) is 114 cm³/mol. The number of carbonyl (C=O) groups excluding carboxylic acids is 2. The Labute approximate surface area is 179 Å². The Morgan fingerprint density at radius 2 is 1.90 bits per heavy atom. The molecule has 0 spiro atoms. The highest BCUT2D eigenvalue weighted by Crippen LogP contribution is 2.23. The van der Waals surface area contributed by atoms with E-state index >= 15 is 0 Å². The fraction of sp³-hybridized carbons (Fsp3) is 0.227. The molecule has 0 saturated carbocycles. The van der Waals surface area contributed by atoms with Crippen molar-refractivity contribution in [2.24, 2.45) is 0 Å². The number of rotatable bonds is 6. The van der Waals surface area contributed by atoms with Crippen LogP contribution in [0.3, 0.4) is 0 Å². The zero-order valence-electron chi connectivity index (χ0n) is 16.6. The Kier molecular flexibility index (Phi) is 5.85. The number of furan rings is 1. The summed E-state index contributed by atoms with van der Waals surface area (Å²) in [5.74, 6) is -0.0521. The van der Waals surface area contributed by atoms with Crippen LogP contribution in [0, 0.1) is 0 Å². The van der Waals surface area contributed by atoms with Crippen molar-refractivity contribution in [3.05, 3.63) is 84.1 Å². The standard InChI is InChI=1S/C22H21N3O5S/c26-21(20-5-1-2-11-23-20)24-17-8-6-16(7-9-17)22(27)25(14-19-4-3-12-30-19)18-10-13-31(28,29)15-18/h1-9,11-12,18H,10,13-15H2,(H,24,26)/t18-/m1/s1. The summed E-state index contributed by atoms with van der Waals surface area (Å²) in [5.41, 5.74) is 1.20. The normalized spacial score (nSPS) is 17.2. The van der Waals surface area contributed by atoms with Gasteiger partial charge in [0.15, 0.2) is 9.84 Å². The van der Waals surface area contributed by atoms with Crippen molar-refractivity contribution in [3.8, 4) is 0 Å². The Bertz CT molecular complexity index is 1160. The van der Waals surface area contributed by atoms with Crippen molar-refractivity contribution in [1.82, 2.24) is 9.88 Å². The molecule has 0 aliphatic carbocycles. The molecule has 1 N–H and O–H groups in total. The zero-order chi connectivity index (χ0) is 21.8. The monoisotopic (exact) mass is 439 g/mol. The minimum Gasteiger partial charge on any atom is -0.467 e. The minimum absolute atomic E-state index is 0.0579. The van der Waals surface area contributed by atoms with Crippen LogP contribution in [0.25, 0.3) is 0 Å². The van der Waals surface area contributed by atoms with Crippen molar-refractivity contribution in [1.29, 1.82) is 0 Å². The number of anilines is 1. The highest BCUT2D eigenvalue weighted by atomic mass is 32.2. The van der Waals surface area contributed by atoms with Crippen LogP contribution in [0.5, 0.6) is 0 Å². The summed E-state index contributed by atoms with van der Waals surface area (Å²) < 4.78 is 29.3. The van der Waals surface area contributed by atoms with E-state index < -0.39 is 15.9 Å². The zero-order valence-corrected chi connectivity index (χ0v) is 17.4. The van der Waals surface area contributed by atoms with Crippen LogP contribution in [0.2, 0.25) is 0 Å². The van der Waals surface area contributed by atoms with E-state index in [1.165, 1.54) is 12.5 Å². The Morgan fingerprint density at radius 3 is 2.52 bits per heavy atom. The SMILES string of the molecule is O=C(Nc1ccc(C(=O)N(Cc2ccco2)[C@@H]2CCS(=O)(=O)C2)cc1)c1ccccn1. The molecule has 0 unspecified atom stereocenters. The van der Waals surface area contributed by atoms with Crippen LogP contribution in [0.4, 0.5) is 5.69 Å². The van der Waals surface area contributed by atoms with Crippen LogP contribution in [0.15, 0.2) is 71.5 Å². The maximum absolute atomic E-state index is 13.2. The van der Waals surface area contributed by atoms with E-state index in [9.17, 15) is 18.0 Å². The van der Waals surface area contributed by atoms with Crippen LogP contribution in [-0.2, 0) is 16.4 Å². The number of sulfone groups is 1. The number of pyridine rings is 1. The van der Waals surface area contributed by atoms with E-state index in [0.29, 0.717) is 23.4 Å². The van der Waals surface area contributed by atoms with Gasteiger partial charge in [0.2, 0.25) is 0 Å². The molecule has 0 bridgehead atoms. The van der Waals surface area contributed by atoms with Gasteiger partial charge in [-0.1, -0.05) is 6.07 Å². The van der Waals surface area contributed by atoms with Gasteiger partial charge in [0.25, 0.3) is 11.8 Å². The molecule has 4 rings (SSSR count). The van der Waals surface area contributed by atoms with Crippen LogP contribution < -0.4 is 5.32 Å². The van der Waals surface area contributed by atoms with Crippen LogP contribution in [-0.4, -0.2) is 47.7 Å². The number of amides is 2. The van der Waals surface area contributed by atoms with E-state index in [4.69, 9.17) is 4.42 Å². The highest BCUT2D eigenvalue weighted by molar-refractivity contribution is 7.91. The van der Waals surface area contributed by atoms with Gasteiger partial charge in [-0.3, -0.25) is 14.6 Å². The molecule has 1 saturated heterocycles. The average molecular weight is 439 g/mol. The van der Waals surface area contributed by atoms with Crippen molar-refractivity contribution in [2.45, 2.75) is 19.0 Å². The van der Waals surface area contributed by atoms with Crippen molar-refractivity contribution in [3.63, 3.8) is 0 Å². The van der Waals surface area contributed by atoms with Gasteiger partial charge < -0.3 is 14.6 Å². The molecule has 160 valence electrons. The lowest BCUT2D eigenvalue weighted by atomic mass is 10.1. The summed E-state index contributed by atoms with van der Waals surface area (Å²) in [7, 11) is -3.16. The maximum Gasteiger partial charge on any atom is 0.274 e. The van der Waals surface area contributed by atoms with Gasteiger partial charge in [-0.25, -0.2) is 8.42 Å². The molecule has 3 aromatic rings. The molecule has 1 aliphatic heterocycles. The predicted octanol–water partition coefficient (Wildman–Crippen LogP) is 2.76. The molecule has 9 heteroatoms. The molecule has 2 amide bonds. The fourth-order valence-corrected chi connectivity index (χ4v) is 5.24. The lowest BCUT2D eigenvalue weighted by Gasteiger charge is -2.27. The number of nitrogens with one attached hydrogen (secondary N) is 1. The van der Waals surface area contributed by atoms with E-state index in [0.717, 1.165) is 0 Å². The number of nitrogens with zero attached hydrogens (tertiary/aromatic N) is 2. The van der Waals surface area contributed by atoms with Gasteiger partial charge in [0, 0.05) is 23.5 Å². The minimum atomic E-state index is -3.16. The second kappa shape index (κ2) is 8.73. The van der Waals surface area contributed by atoms with E-state index in [1.807, 2.05) is 0 Å². The topological polar surface area (TPSA) is 110 Å². The molecule has 1 fully saturated rings. The molecule has 8 nitrogen and oxygen atoms in total. The Morgan fingerprint density at radius 1 is 1.10 bits per heavy atom. The van der Waals surface area contributed by atoms with Crippen LogP contribution >= 0.6 is 0 Å². The maximum atomic E-state index is 13.2. The summed E-state index contributed by atoms with van der Waals surface area (Å²) in [6.45, 7) is 0.185. The second-order valence-electron chi connectivity index (χ2n) is 7.32. The van der Waals surface area contributed by atoms with Gasteiger partial charge in [-0.15, -0.1) is 0 Å². The van der Waals surface area contributed by atoms with Gasteiger partial charge >= 0.3 is 0 Å². The molecule has 3 heterocycles. The van der Waals surface area contributed by atoms with E-state index in [2.05, 4.69) is 10.3 Å². The van der Waals surface area contributed by atoms with Gasteiger partial charge in [0.05, 0.1) is 24.3 Å². The lowest BCUT2D eigenvalue weighted by molar-refractivity contribution is 0.0666. The first-order valence-corrected chi connectivity index (χ1v) is 11.6. The first-order chi connectivity index (χ1) is 14.9. The van der Waals surface area contributed by atoms with E-state index in [1.54, 1.807) is 59.5 Å². The van der Waals surface area contributed by atoms with Gasteiger partial charge in [0.1, 0.15) is 11.5 Å². The van der Waals surface area contributed by atoms with Crippen molar-refractivity contribution >= 4 is 27.3 Å². The molecule has 2 aromatic heterocycles. The quantitative estimate of drug-likeness (QED) is 0.633. The van der Waals surface area contributed by atoms with Crippen LogP contribution in [0.1, 0.15) is 33.0 Å². The molecule has 0 radical (unpaired) electrons. The third-order valence-electron chi connectivity index (χ3n) is 5.10. The third-order valence-corrected chi connectivity index (χ3v) is 6.85.